The number of nitrogens with two attached hydrogens (primary N) is 1. The van der Waals surface area contributed by atoms with Crippen LogP contribution in [0.25, 0.3) is 16.4 Å². The molecule has 3 atom stereocenters. The number of nitrogens with one attached hydrogen (secondary N) is 4. The number of pyridine rings is 1. The quantitative estimate of drug-likeness (QED) is 0.0135. The van der Waals surface area contributed by atoms with Crippen LogP contribution in [-0.2, 0) is 44.7 Å². The number of urea groups is 1. The second-order valence-corrected chi connectivity index (χ2v) is 23.1. The Kier molecular flexibility index (Phi) is 25.0. The van der Waals surface area contributed by atoms with Gasteiger partial charge in [-0.25, -0.2) is 24.2 Å². The van der Waals surface area contributed by atoms with Crippen molar-refractivity contribution in [2.24, 2.45) is 17.6 Å². The third-order valence-electron chi connectivity index (χ3n) is 15.7. The average Bonchev–Trinajstić information content (AvgIpc) is 1.69. The Morgan fingerprint density at radius 1 is 0.821 bits per heavy atom. The molecule has 95 heavy (non-hydrogen) atoms. The maximum absolute atomic E-state index is 14.7. The highest BCUT2D eigenvalue weighted by atomic mass is 35.5. The molecule has 4 heterocycles. The maximum Gasteiger partial charge on any atom is 0.415 e. The van der Waals surface area contributed by atoms with E-state index in [1.54, 1.807) is 78.0 Å². The van der Waals surface area contributed by atoms with Crippen molar-refractivity contribution in [2.75, 3.05) is 107 Å². The van der Waals surface area contributed by atoms with Crippen LogP contribution in [0.3, 0.4) is 0 Å². The smallest absolute Gasteiger partial charge is 0.415 e. The van der Waals surface area contributed by atoms with Gasteiger partial charge in [-0.05, 0) is 96.3 Å². The van der Waals surface area contributed by atoms with Crippen LogP contribution in [0.4, 0.5) is 36.2 Å². The number of anilines is 3. The Hall–Kier alpha value is -10.2. The molecule has 8 N–H and O–H groups in total. The first-order valence-electron chi connectivity index (χ1n) is 30.7. The first-order valence-corrected chi connectivity index (χ1v) is 31.2. The zero-order valence-corrected chi connectivity index (χ0v) is 53.6. The molecule has 2 aliphatic heterocycles. The second kappa shape index (κ2) is 33.6. The number of halogens is 1. The van der Waals surface area contributed by atoms with Gasteiger partial charge in [0.05, 0.1) is 57.0 Å². The van der Waals surface area contributed by atoms with E-state index in [2.05, 4.69) is 26.3 Å². The minimum Gasteiger partial charge on any atom is -0.508 e. The lowest BCUT2D eigenvalue weighted by Crippen LogP contribution is -2.46. The van der Waals surface area contributed by atoms with E-state index in [1.807, 2.05) is 25.1 Å². The number of fused-ring (bicyclic) bond motifs is 4. The number of nitrogens with zero attached hydrogens (tertiary/aromatic N) is 6. The average molecular weight is 1330 g/mol. The van der Waals surface area contributed by atoms with Crippen LogP contribution in [-0.4, -0.2) is 192 Å². The van der Waals surface area contributed by atoms with Crippen molar-refractivity contribution < 1.29 is 81.8 Å². The number of aromatic hydroxyl groups is 1. The third kappa shape index (κ3) is 19.0. The van der Waals surface area contributed by atoms with Gasteiger partial charge in [-0.15, -0.1) is 11.6 Å². The number of hydrogen-bond donors (Lipinski definition) is 7. The number of aliphatic hydroxyl groups excluding tert-OH is 1. The molecule has 504 valence electrons. The number of ketones is 1. The molecule has 0 unspecified atom stereocenters. The lowest BCUT2D eigenvalue weighted by atomic mass is 9.89. The van der Waals surface area contributed by atoms with Crippen LogP contribution in [0.5, 0.6) is 11.5 Å². The Labute approximate surface area is 551 Å². The molecular weight excluding hydrogens is 1250 g/mol. The molecule has 10 amide bonds. The van der Waals surface area contributed by atoms with Gasteiger partial charge in [-0.1, -0.05) is 44.2 Å². The predicted octanol–water partition coefficient (Wildman–Crippen LogP) is 6.47. The van der Waals surface area contributed by atoms with Crippen LogP contribution in [0.15, 0.2) is 109 Å². The van der Waals surface area contributed by atoms with Crippen LogP contribution in [0.2, 0.25) is 0 Å². The number of carbonyl (C=O) groups excluding carboxylic acids is 10. The van der Waals surface area contributed by atoms with Gasteiger partial charge in [0.25, 0.3) is 23.6 Å². The number of aliphatic hydroxyl groups is 1. The van der Waals surface area contributed by atoms with E-state index in [0.717, 1.165) is 33.6 Å². The molecule has 6 aromatic rings. The van der Waals surface area contributed by atoms with E-state index in [4.69, 9.17) is 46.1 Å². The Balaban J connectivity index is 0.901. The van der Waals surface area contributed by atoms with Crippen molar-refractivity contribution >= 4 is 105 Å². The Morgan fingerprint density at radius 3 is 2.23 bits per heavy atom. The molecule has 4 aromatic carbocycles. The number of hydrogen-bond acceptors (Lipinski definition) is 18. The van der Waals surface area contributed by atoms with Crippen LogP contribution >= 0.6 is 11.6 Å². The van der Waals surface area contributed by atoms with Crippen LogP contribution in [0, 0.1) is 18.8 Å². The minimum absolute atomic E-state index is 0.00584. The normalized spacial score (nSPS) is 13.9. The molecule has 0 fully saturated rings. The fraction of sp³-hybridized carbons (Fsp3) is 0.379. The fourth-order valence-corrected chi connectivity index (χ4v) is 10.9. The zero-order chi connectivity index (χ0) is 68.3. The first-order chi connectivity index (χ1) is 45.6. The summed E-state index contributed by atoms with van der Waals surface area (Å²) >= 11 is 6.66. The summed E-state index contributed by atoms with van der Waals surface area (Å²) in [7, 11) is 1.49. The van der Waals surface area contributed by atoms with Crippen LogP contribution < -0.4 is 36.6 Å². The zero-order valence-electron chi connectivity index (χ0n) is 52.9. The number of primary amides is 1. The van der Waals surface area contributed by atoms with Gasteiger partial charge in [0.15, 0.2) is 5.78 Å². The number of likely N-dealkylation sites (N-methyl/N-ethyl adjacent to an activating group) is 1. The summed E-state index contributed by atoms with van der Waals surface area (Å²) in [6.07, 6.45) is 3.00. The number of aromatic nitrogens is 2. The number of imide groups is 1. The number of carbonyl (C=O) groups is 10. The van der Waals surface area contributed by atoms with Crippen molar-refractivity contribution in [1.29, 1.82) is 0 Å². The lowest BCUT2D eigenvalue weighted by Gasteiger charge is -2.26. The molecule has 0 radical (unpaired) electrons. The van der Waals surface area contributed by atoms with E-state index in [9.17, 15) is 53.1 Å². The molecule has 2 aromatic heterocycles. The fourth-order valence-electron chi connectivity index (χ4n) is 10.7. The van der Waals surface area contributed by atoms with Crippen molar-refractivity contribution in [2.45, 2.75) is 58.6 Å². The van der Waals surface area contributed by atoms with E-state index < -0.39 is 77.5 Å². The molecule has 29 heteroatoms. The first kappa shape index (κ1) is 70.7. The van der Waals surface area contributed by atoms with Crippen LogP contribution in [0.1, 0.15) is 76.6 Å². The number of alkyl halides is 1. The molecule has 0 saturated carbocycles. The summed E-state index contributed by atoms with van der Waals surface area (Å²) in [4.78, 5) is 141. The van der Waals surface area contributed by atoms with Crippen molar-refractivity contribution in [3.63, 3.8) is 0 Å². The number of aryl methyl sites for hydroxylation is 1. The minimum atomic E-state index is -1.07. The standard InChI is InChI=1S/C66H76ClN11O17/c1-40(2)59(73-64(88)93-29-26-77-55(82)20-21-56(77)83)52(81)33-44(8-6-22-69-63(68)87)61(85)70-46-14-10-42(11-15-46)39-94-65(89)74(4)23-24-75(25-28-91-31-32-92-30-27-79)66(90)95-53-34-51-58(57-41(3)7-5-9-49(53)57)45(35-67)36-78(51)62(86)50-38-76-37-47(16-19-54(76)72-50)71-60(84)43-12-17-48(80)18-13-43/h5,7,9-21,34,37-38,40,44-45,59,79-80H,6,8,22-33,35-36,39H2,1-4H3,(H,70,85)(H,71,84)(H,73,88)(H3,68,69,87)/t44-,45-,59+/m1/s1. The summed E-state index contributed by atoms with van der Waals surface area (Å²) < 4.78 is 29.8. The number of rotatable bonds is 32. The lowest BCUT2D eigenvalue weighted by molar-refractivity contribution is -0.137. The van der Waals surface area contributed by atoms with Gasteiger partial charge >= 0.3 is 24.3 Å². The van der Waals surface area contributed by atoms with Gasteiger partial charge in [0, 0.05) is 111 Å². The van der Waals surface area contributed by atoms with Crippen molar-refractivity contribution in [1.82, 2.24) is 34.7 Å². The molecule has 0 aliphatic carbocycles. The topological polar surface area (TPSA) is 362 Å². The third-order valence-corrected chi connectivity index (χ3v) is 16.1. The monoisotopic (exact) mass is 1330 g/mol. The second-order valence-electron chi connectivity index (χ2n) is 22.8. The van der Waals surface area contributed by atoms with Crippen molar-refractivity contribution in [3.8, 4) is 11.5 Å². The molecular formula is C66H76ClN11O17. The van der Waals surface area contributed by atoms with Gasteiger partial charge in [-0.2, -0.15) is 0 Å². The Bertz CT molecular complexity index is 3810. The van der Waals surface area contributed by atoms with Crippen molar-refractivity contribution in [3.05, 3.63) is 137 Å². The summed E-state index contributed by atoms with van der Waals surface area (Å²) in [5.41, 5.74) is 9.49. The number of amides is 10. The van der Waals surface area contributed by atoms with Gasteiger partial charge < -0.3 is 80.0 Å². The predicted molar refractivity (Wildman–Crippen MR) is 348 cm³/mol. The molecule has 0 spiro atoms. The maximum atomic E-state index is 14.7. The molecule has 2 aliphatic rings. The summed E-state index contributed by atoms with van der Waals surface area (Å²) in [6.45, 7) is 5.17. The summed E-state index contributed by atoms with van der Waals surface area (Å²) in [5, 5.41) is 30.8. The number of phenols is 1. The highest BCUT2D eigenvalue weighted by Gasteiger charge is 2.38. The number of alkyl carbamates (subject to hydrolysis) is 1. The van der Waals surface area contributed by atoms with E-state index in [-0.39, 0.29) is 134 Å². The number of Topliss-reactive ketones (excluding diaryl/α,β-unsaturated/α-hetero) is 1. The number of ether oxygens (including phenoxy) is 5. The largest absolute Gasteiger partial charge is 0.508 e. The molecule has 8 rings (SSSR count). The van der Waals surface area contributed by atoms with E-state index in [0.29, 0.717) is 39.2 Å². The SMILES string of the molecule is Cc1cccc2c(OC(=O)N(CCOCCOCCO)CCN(C)C(=O)OCc3ccc(NC(=O)[C@H](CCCNC(N)=O)CC(=O)[C@@H](NC(=O)OCCN4C(=O)C=CC4=O)C(C)C)cc3)cc3c(c12)[C@H](CCl)CN3C(=O)c1cn2cc(NC(=O)c3ccc(O)cc3)ccc2n1. The van der Waals surface area contributed by atoms with E-state index in [1.165, 1.54) is 41.1 Å². The van der Waals surface area contributed by atoms with Gasteiger partial charge in [-0.3, -0.25) is 33.7 Å². The van der Waals surface area contributed by atoms with E-state index >= 15 is 0 Å². The summed E-state index contributed by atoms with van der Waals surface area (Å²) in [5.74, 6) is -4.32. The number of phenolic OH excluding ortho intramolecular Hbond substituents is 1. The summed E-state index contributed by atoms with van der Waals surface area (Å²) in [6, 6.07) is 20.9. The molecule has 28 nitrogen and oxygen atoms in total. The van der Waals surface area contributed by atoms with Gasteiger partial charge in [0.1, 0.15) is 36.1 Å². The highest BCUT2D eigenvalue weighted by molar-refractivity contribution is 6.19. The number of imidazole rings is 1. The highest BCUT2D eigenvalue weighted by Crippen LogP contribution is 2.47. The number of benzene rings is 4. The molecule has 0 bridgehead atoms. The van der Waals surface area contributed by atoms with Gasteiger partial charge in [0.2, 0.25) is 5.91 Å². The molecule has 0 saturated heterocycles. The Morgan fingerprint density at radius 2 is 1.54 bits per heavy atom.